The molecule has 1 heterocycles. The van der Waals surface area contributed by atoms with Crippen LogP contribution in [0.25, 0.3) is 0 Å². The van der Waals surface area contributed by atoms with Crippen molar-refractivity contribution in [2.75, 3.05) is 13.2 Å². The Morgan fingerprint density at radius 2 is 2.00 bits per heavy atom. The second-order valence-corrected chi connectivity index (χ2v) is 6.30. The Morgan fingerprint density at radius 1 is 1.35 bits per heavy atom. The van der Waals surface area contributed by atoms with Crippen LogP contribution in [-0.4, -0.2) is 28.4 Å². The van der Waals surface area contributed by atoms with Crippen LogP contribution in [-0.2, 0) is 10.3 Å². The molecule has 0 bridgehead atoms. The molecule has 6 nitrogen and oxygen atoms in total. The average Bonchev–Trinajstić information content (AvgIpc) is 2.91. The zero-order chi connectivity index (χ0) is 14.8. The Balaban J connectivity index is 2.22. The van der Waals surface area contributed by atoms with E-state index in [4.69, 9.17) is 15.0 Å². The minimum Gasteiger partial charge on any atom is -0.382 e. The molecule has 1 aliphatic rings. The summed E-state index contributed by atoms with van der Waals surface area (Å²) in [7, 11) is 0. The number of aliphatic hydroxyl groups is 1. The summed E-state index contributed by atoms with van der Waals surface area (Å²) in [6, 6.07) is 0. The number of aromatic nitrogens is 2. The molecule has 1 saturated carbocycles. The highest BCUT2D eigenvalue weighted by Crippen LogP contribution is 2.46. The molecule has 0 radical (unpaired) electrons. The number of nitrogens with zero attached hydrogens (tertiary/aromatic N) is 2. The summed E-state index contributed by atoms with van der Waals surface area (Å²) in [5.74, 6) is 0.712. The van der Waals surface area contributed by atoms with E-state index in [9.17, 15) is 5.11 Å². The lowest BCUT2D eigenvalue weighted by Gasteiger charge is -2.41. The lowest BCUT2D eigenvalue weighted by molar-refractivity contribution is -0.0957. The number of ether oxygens (including phenoxy) is 1. The molecule has 1 aliphatic carbocycles. The molecular formula is C14H25N3O3. The van der Waals surface area contributed by atoms with Crippen molar-refractivity contribution in [1.82, 2.24) is 10.1 Å². The Kier molecular flexibility index (Phi) is 4.46. The first-order valence-electron chi connectivity index (χ1n) is 7.29. The van der Waals surface area contributed by atoms with Gasteiger partial charge < -0.3 is 20.1 Å². The van der Waals surface area contributed by atoms with Crippen molar-refractivity contribution in [2.24, 2.45) is 11.1 Å². The van der Waals surface area contributed by atoms with Crippen molar-refractivity contribution in [2.45, 2.75) is 58.2 Å². The summed E-state index contributed by atoms with van der Waals surface area (Å²) in [5.41, 5.74) is 5.25. The Hall–Kier alpha value is -0.980. The van der Waals surface area contributed by atoms with E-state index < -0.39 is 11.7 Å². The third-order valence-electron chi connectivity index (χ3n) is 4.19. The highest BCUT2D eigenvalue weighted by Gasteiger charge is 2.44. The van der Waals surface area contributed by atoms with Crippen molar-refractivity contribution < 1.29 is 14.4 Å². The summed E-state index contributed by atoms with van der Waals surface area (Å²) in [4.78, 5) is 4.31. The predicted molar refractivity (Wildman–Crippen MR) is 73.9 cm³/mol. The Labute approximate surface area is 119 Å². The van der Waals surface area contributed by atoms with E-state index in [0.29, 0.717) is 17.8 Å². The van der Waals surface area contributed by atoms with Gasteiger partial charge in [0.2, 0.25) is 5.82 Å². The molecule has 3 N–H and O–H groups in total. The smallest absolute Gasteiger partial charge is 0.256 e. The van der Waals surface area contributed by atoms with Crippen LogP contribution in [0, 0.1) is 5.41 Å². The minimum atomic E-state index is -0.907. The summed E-state index contributed by atoms with van der Waals surface area (Å²) >= 11 is 0. The Morgan fingerprint density at radius 3 is 2.55 bits per heavy atom. The molecule has 20 heavy (non-hydrogen) atoms. The zero-order valence-electron chi connectivity index (χ0n) is 12.6. The van der Waals surface area contributed by atoms with Gasteiger partial charge in [-0.05, 0) is 38.0 Å². The van der Waals surface area contributed by atoms with Crippen LogP contribution >= 0.6 is 0 Å². The van der Waals surface area contributed by atoms with Gasteiger partial charge in [-0.3, -0.25) is 0 Å². The molecule has 0 aliphatic heterocycles. The van der Waals surface area contributed by atoms with Crippen molar-refractivity contribution in [3.8, 4) is 0 Å². The van der Waals surface area contributed by atoms with Crippen LogP contribution in [0.5, 0.6) is 0 Å². The van der Waals surface area contributed by atoms with Crippen molar-refractivity contribution >= 4 is 0 Å². The van der Waals surface area contributed by atoms with Crippen LogP contribution in [0.1, 0.15) is 64.3 Å². The maximum atomic E-state index is 9.68. The second-order valence-electron chi connectivity index (χ2n) is 6.30. The summed E-state index contributed by atoms with van der Waals surface area (Å²) in [5, 5.41) is 13.7. The Bertz CT molecular complexity index is 435. The van der Waals surface area contributed by atoms with E-state index in [1.54, 1.807) is 0 Å². The first-order valence-corrected chi connectivity index (χ1v) is 7.29. The molecule has 0 saturated heterocycles. The lowest BCUT2D eigenvalue weighted by Crippen LogP contribution is -2.38. The molecular weight excluding hydrogens is 258 g/mol. The molecule has 2 rings (SSSR count). The normalized spacial score (nSPS) is 22.6. The fourth-order valence-corrected chi connectivity index (χ4v) is 2.70. The standard InChI is InChI=1S/C14H25N3O3/c1-4-19-14(7-5-13(2,3)6-8-14)12-16-11(20-17-12)10(18)9-15/h10,18H,4-9,15H2,1-3H3/t10-/m0/s1. The monoisotopic (exact) mass is 283 g/mol. The molecule has 0 aromatic carbocycles. The van der Waals surface area contributed by atoms with Gasteiger partial charge in [0.25, 0.3) is 5.89 Å². The number of nitrogens with two attached hydrogens (primary N) is 1. The molecule has 1 aromatic rings. The van der Waals surface area contributed by atoms with E-state index in [2.05, 4.69) is 24.0 Å². The van der Waals surface area contributed by atoms with E-state index >= 15 is 0 Å². The van der Waals surface area contributed by atoms with Crippen molar-refractivity contribution in [3.63, 3.8) is 0 Å². The third kappa shape index (κ3) is 3.02. The van der Waals surface area contributed by atoms with Gasteiger partial charge in [0.15, 0.2) is 0 Å². The molecule has 0 unspecified atom stereocenters. The predicted octanol–water partition coefficient (Wildman–Crippen LogP) is 1.89. The summed E-state index contributed by atoms with van der Waals surface area (Å²) in [6.07, 6.45) is 2.93. The largest absolute Gasteiger partial charge is 0.382 e. The zero-order valence-corrected chi connectivity index (χ0v) is 12.6. The molecule has 0 amide bonds. The van der Waals surface area contributed by atoms with E-state index in [1.807, 2.05) is 6.92 Å². The van der Waals surface area contributed by atoms with Gasteiger partial charge in [-0.2, -0.15) is 4.98 Å². The summed E-state index contributed by atoms with van der Waals surface area (Å²) in [6.45, 7) is 7.17. The second kappa shape index (κ2) is 5.79. The van der Waals surface area contributed by atoms with Crippen LogP contribution in [0.2, 0.25) is 0 Å². The highest BCUT2D eigenvalue weighted by molar-refractivity contribution is 5.06. The average molecular weight is 283 g/mol. The van der Waals surface area contributed by atoms with E-state index in [-0.39, 0.29) is 12.4 Å². The maximum absolute atomic E-state index is 9.68. The molecule has 1 fully saturated rings. The number of aliphatic hydroxyl groups excluding tert-OH is 1. The van der Waals surface area contributed by atoms with Gasteiger partial charge in [-0.1, -0.05) is 19.0 Å². The first-order chi connectivity index (χ1) is 9.42. The number of hydrogen-bond acceptors (Lipinski definition) is 6. The molecule has 114 valence electrons. The summed E-state index contributed by atoms with van der Waals surface area (Å²) < 4.78 is 11.1. The molecule has 1 aromatic heterocycles. The van der Waals surface area contributed by atoms with Crippen LogP contribution in [0.4, 0.5) is 0 Å². The SMILES string of the molecule is CCOC1(c2noc([C@@H](O)CN)n2)CCC(C)(C)CC1. The van der Waals surface area contributed by atoms with Gasteiger partial charge in [0, 0.05) is 13.2 Å². The molecule has 1 atom stereocenters. The van der Waals surface area contributed by atoms with Gasteiger partial charge in [-0.25, -0.2) is 0 Å². The first kappa shape index (κ1) is 15.4. The fraction of sp³-hybridized carbons (Fsp3) is 0.857. The van der Waals surface area contributed by atoms with E-state index in [0.717, 1.165) is 25.7 Å². The van der Waals surface area contributed by atoms with Gasteiger partial charge >= 0.3 is 0 Å². The van der Waals surface area contributed by atoms with Crippen LogP contribution in [0.15, 0.2) is 4.52 Å². The topological polar surface area (TPSA) is 94.4 Å². The molecule has 0 spiro atoms. The fourth-order valence-electron chi connectivity index (χ4n) is 2.70. The maximum Gasteiger partial charge on any atom is 0.256 e. The molecule has 6 heteroatoms. The van der Waals surface area contributed by atoms with Gasteiger partial charge in [-0.15, -0.1) is 0 Å². The van der Waals surface area contributed by atoms with Crippen LogP contribution < -0.4 is 5.73 Å². The van der Waals surface area contributed by atoms with Gasteiger partial charge in [0.05, 0.1) is 0 Å². The van der Waals surface area contributed by atoms with Crippen LogP contribution in [0.3, 0.4) is 0 Å². The quantitative estimate of drug-likeness (QED) is 0.857. The van der Waals surface area contributed by atoms with Crippen molar-refractivity contribution in [3.05, 3.63) is 11.7 Å². The number of rotatable bonds is 5. The number of hydrogen-bond donors (Lipinski definition) is 2. The van der Waals surface area contributed by atoms with Crippen molar-refractivity contribution in [1.29, 1.82) is 0 Å². The minimum absolute atomic E-state index is 0.0658. The highest BCUT2D eigenvalue weighted by atomic mass is 16.5. The van der Waals surface area contributed by atoms with E-state index in [1.165, 1.54) is 0 Å². The third-order valence-corrected chi connectivity index (χ3v) is 4.19. The van der Waals surface area contributed by atoms with Gasteiger partial charge in [0.1, 0.15) is 11.7 Å². The lowest BCUT2D eigenvalue weighted by atomic mass is 9.70.